The minimum atomic E-state index is -2.04. The van der Waals surface area contributed by atoms with Crippen molar-refractivity contribution in [2.75, 3.05) is 14.2 Å². The number of ether oxygens (including phenoxy) is 2. The van der Waals surface area contributed by atoms with E-state index in [2.05, 4.69) is 4.74 Å². The first-order chi connectivity index (χ1) is 10.1. The van der Waals surface area contributed by atoms with Crippen LogP contribution in [0.2, 0.25) is 19.6 Å². The zero-order valence-electron chi connectivity index (χ0n) is 13.8. The SMILES string of the molecule is COC(=O)/C=C/C1(O[Si](C)(C)C)CCC(=O)CC1C(=O)OC. The minimum absolute atomic E-state index is 0.00308. The number of methoxy groups -OCH3 is 2. The van der Waals surface area contributed by atoms with E-state index in [9.17, 15) is 14.4 Å². The fourth-order valence-corrected chi connectivity index (χ4v) is 4.09. The lowest BCUT2D eigenvalue weighted by molar-refractivity contribution is -0.157. The Labute approximate surface area is 131 Å². The van der Waals surface area contributed by atoms with Gasteiger partial charge in [0.05, 0.1) is 25.7 Å². The van der Waals surface area contributed by atoms with Crippen molar-refractivity contribution in [2.45, 2.75) is 44.5 Å². The van der Waals surface area contributed by atoms with Gasteiger partial charge in [0, 0.05) is 18.9 Å². The number of hydrogen-bond acceptors (Lipinski definition) is 6. The molecule has 0 saturated heterocycles. The third kappa shape index (κ3) is 4.77. The standard InChI is InChI=1S/C15H24O6Si/c1-19-13(17)7-9-15(21-22(3,4)5)8-6-11(16)10-12(15)14(18)20-2/h7,9,12H,6,8,10H2,1-5H3/b9-7+. The average Bonchev–Trinajstić information content (AvgIpc) is 2.44. The van der Waals surface area contributed by atoms with Crippen molar-refractivity contribution in [2.24, 2.45) is 5.92 Å². The molecule has 0 amide bonds. The number of ketones is 1. The molecule has 0 aromatic carbocycles. The maximum Gasteiger partial charge on any atom is 0.330 e. The molecule has 1 aliphatic carbocycles. The van der Waals surface area contributed by atoms with E-state index in [0.29, 0.717) is 12.8 Å². The molecule has 1 aliphatic rings. The highest BCUT2D eigenvalue weighted by Crippen LogP contribution is 2.39. The van der Waals surface area contributed by atoms with Crippen LogP contribution in [0, 0.1) is 5.92 Å². The first-order valence-electron chi connectivity index (χ1n) is 7.20. The number of Topliss-reactive ketones (excluding diaryl/α,β-unsaturated/α-hetero) is 1. The van der Waals surface area contributed by atoms with Crippen molar-refractivity contribution in [3.8, 4) is 0 Å². The van der Waals surface area contributed by atoms with Gasteiger partial charge in [0.15, 0.2) is 8.32 Å². The second-order valence-electron chi connectivity index (χ2n) is 6.34. The summed E-state index contributed by atoms with van der Waals surface area (Å²) in [7, 11) is 0.517. The Morgan fingerprint density at radius 3 is 2.36 bits per heavy atom. The van der Waals surface area contributed by atoms with Gasteiger partial charge in [-0.05, 0) is 32.1 Å². The normalized spacial score (nSPS) is 26.0. The number of esters is 2. The maximum atomic E-state index is 12.1. The van der Waals surface area contributed by atoms with E-state index in [1.807, 2.05) is 19.6 Å². The lowest BCUT2D eigenvalue weighted by Crippen LogP contribution is -2.53. The topological polar surface area (TPSA) is 78.9 Å². The molecule has 0 spiro atoms. The van der Waals surface area contributed by atoms with Crippen LogP contribution in [-0.2, 0) is 28.3 Å². The molecule has 0 radical (unpaired) electrons. The van der Waals surface area contributed by atoms with Crippen LogP contribution in [0.15, 0.2) is 12.2 Å². The van der Waals surface area contributed by atoms with Gasteiger partial charge in [-0.25, -0.2) is 4.79 Å². The van der Waals surface area contributed by atoms with E-state index >= 15 is 0 Å². The summed E-state index contributed by atoms with van der Waals surface area (Å²) < 4.78 is 15.7. The highest BCUT2D eigenvalue weighted by molar-refractivity contribution is 6.69. The number of rotatable bonds is 5. The molecule has 2 unspecified atom stereocenters. The van der Waals surface area contributed by atoms with Crippen LogP contribution >= 0.6 is 0 Å². The molecule has 2 atom stereocenters. The fourth-order valence-electron chi connectivity index (χ4n) is 2.64. The minimum Gasteiger partial charge on any atom is -0.469 e. The molecule has 124 valence electrons. The first-order valence-corrected chi connectivity index (χ1v) is 10.6. The Hall–Kier alpha value is -1.47. The molecule has 0 aliphatic heterocycles. The summed E-state index contributed by atoms with van der Waals surface area (Å²) in [4.78, 5) is 35.3. The molecule has 6 nitrogen and oxygen atoms in total. The Bertz CT molecular complexity index is 479. The van der Waals surface area contributed by atoms with Crippen LogP contribution < -0.4 is 0 Å². The van der Waals surface area contributed by atoms with Gasteiger partial charge in [0.25, 0.3) is 0 Å². The lowest BCUT2D eigenvalue weighted by atomic mass is 9.74. The van der Waals surface area contributed by atoms with Gasteiger partial charge >= 0.3 is 11.9 Å². The van der Waals surface area contributed by atoms with Crippen LogP contribution in [0.25, 0.3) is 0 Å². The highest BCUT2D eigenvalue weighted by atomic mass is 28.4. The average molecular weight is 328 g/mol. The maximum absolute atomic E-state index is 12.1. The van der Waals surface area contributed by atoms with Crippen molar-refractivity contribution in [3.63, 3.8) is 0 Å². The van der Waals surface area contributed by atoms with Crippen molar-refractivity contribution in [1.29, 1.82) is 0 Å². The molecule has 0 N–H and O–H groups in total. The fraction of sp³-hybridized carbons (Fsp3) is 0.667. The Morgan fingerprint density at radius 1 is 1.23 bits per heavy atom. The smallest absolute Gasteiger partial charge is 0.330 e. The van der Waals surface area contributed by atoms with Gasteiger partial charge in [-0.1, -0.05) is 0 Å². The molecule has 0 heterocycles. The summed E-state index contributed by atoms with van der Waals surface area (Å²) in [6.45, 7) is 5.97. The quantitative estimate of drug-likeness (QED) is 0.435. The Morgan fingerprint density at radius 2 is 1.86 bits per heavy atom. The van der Waals surface area contributed by atoms with Crippen molar-refractivity contribution in [3.05, 3.63) is 12.2 Å². The Balaban J connectivity index is 3.25. The molecule has 22 heavy (non-hydrogen) atoms. The third-order valence-electron chi connectivity index (χ3n) is 3.50. The van der Waals surface area contributed by atoms with E-state index in [4.69, 9.17) is 9.16 Å². The molecule has 0 aromatic rings. The lowest BCUT2D eigenvalue weighted by Gasteiger charge is -2.43. The molecule has 0 bridgehead atoms. The summed E-state index contributed by atoms with van der Waals surface area (Å²) >= 11 is 0. The largest absolute Gasteiger partial charge is 0.469 e. The molecular formula is C15H24O6Si. The van der Waals surface area contributed by atoms with Gasteiger partial charge in [0.2, 0.25) is 0 Å². The monoisotopic (exact) mass is 328 g/mol. The second-order valence-corrected chi connectivity index (χ2v) is 10.8. The highest BCUT2D eigenvalue weighted by Gasteiger charge is 2.49. The van der Waals surface area contributed by atoms with E-state index in [1.54, 1.807) is 6.08 Å². The Kier molecular flexibility index (Phi) is 6.07. The second kappa shape index (κ2) is 7.19. The van der Waals surface area contributed by atoms with Crippen molar-refractivity contribution < 1.29 is 28.3 Å². The van der Waals surface area contributed by atoms with Crippen molar-refractivity contribution >= 4 is 26.0 Å². The van der Waals surface area contributed by atoms with Gasteiger partial charge < -0.3 is 13.9 Å². The van der Waals surface area contributed by atoms with E-state index in [-0.39, 0.29) is 12.2 Å². The predicted octanol–water partition coefficient (Wildman–Crippen LogP) is 1.85. The third-order valence-corrected chi connectivity index (χ3v) is 4.49. The zero-order chi connectivity index (χ0) is 17.0. The van der Waals surface area contributed by atoms with Gasteiger partial charge in [0.1, 0.15) is 5.78 Å². The number of carbonyl (C=O) groups is 3. The molecule has 1 saturated carbocycles. The molecule has 1 fully saturated rings. The van der Waals surface area contributed by atoms with E-state index < -0.39 is 31.8 Å². The summed E-state index contributed by atoms with van der Waals surface area (Å²) in [6.07, 6.45) is 3.53. The summed E-state index contributed by atoms with van der Waals surface area (Å²) in [5.74, 6) is -1.78. The van der Waals surface area contributed by atoms with E-state index in [0.717, 1.165) is 0 Å². The summed E-state index contributed by atoms with van der Waals surface area (Å²) in [6, 6.07) is 0. The number of carbonyl (C=O) groups excluding carboxylic acids is 3. The van der Waals surface area contributed by atoms with Gasteiger partial charge in [-0.2, -0.15) is 0 Å². The van der Waals surface area contributed by atoms with E-state index in [1.165, 1.54) is 20.3 Å². The van der Waals surface area contributed by atoms with Crippen molar-refractivity contribution in [1.82, 2.24) is 0 Å². The molecule has 1 rings (SSSR count). The first kappa shape index (κ1) is 18.6. The van der Waals surface area contributed by atoms with Gasteiger partial charge in [-0.3, -0.25) is 9.59 Å². The van der Waals surface area contributed by atoms with Crippen LogP contribution in [-0.4, -0.2) is 45.9 Å². The van der Waals surface area contributed by atoms with Crippen LogP contribution in [0.5, 0.6) is 0 Å². The number of hydrogen-bond donors (Lipinski definition) is 0. The zero-order valence-corrected chi connectivity index (χ0v) is 14.8. The van der Waals surface area contributed by atoms with Crippen LogP contribution in [0.1, 0.15) is 19.3 Å². The van der Waals surface area contributed by atoms with Crippen LogP contribution in [0.3, 0.4) is 0 Å². The van der Waals surface area contributed by atoms with Gasteiger partial charge in [-0.15, -0.1) is 0 Å². The summed E-state index contributed by atoms with van der Waals surface area (Å²) in [5.41, 5.74) is -1.00. The van der Waals surface area contributed by atoms with Crippen LogP contribution in [0.4, 0.5) is 0 Å². The molecule has 0 aromatic heterocycles. The molecule has 7 heteroatoms. The molecular weight excluding hydrogens is 304 g/mol. The summed E-state index contributed by atoms with van der Waals surface area (Å²) in [5, 5.41) is 0. The predicted molar refractivity (Wildman–Crippen MR) is 82.7 cm³/mol.